The molecule has 2 aromatic carbocycles. The van der Waals surface area contributed by atoms with Crippen LogP contribution >= 0.6 is 11.8 Å². The Hall–Kier alpha value is -2.51. The van der Waals surface area contributed by atoms with Crippen LogP contribution in [0.5, 0.6) is 11.5 Å². The largest absolute Gasteiger partial charge is 0.493 e. The Morgan fingerprint density at radius 3 is 2.59 bits per heavy atom. The van der Waals surface area contributed by atoms with Gasteiger partial charge in [0.1, 0.15) is 11.4 Å². The molecule has 1 heterocycles. The third kappa shape index (κ3) is 4.74. The summed E-state index contributed by atoms with van der Waals surface area (Å²) in [7, 11) is 1.57. The van der Waals surface area contributed by atoms with Crippen LogP contribution in [0.4, 0.5) is 5.69 Å². The molecular weight excluding hydrogens is 388 g/mol. The molecule has 1 saturated heterocycles. The quantitative estimate of drug-likeness (QED) is 0.702. The van der Waals surface area contributed by atoms with Gasteiger partial charge in [-0.05, 0) is 43.2 Å². The van der Waals surface area contributed by atoms with Crippen molar-refractivity contribution in [2.45, 2.75) is 31.6 Å². The predicted molar refractivity (Wildman–Crippen MR) is 116 cm³/mol. The maximum absolute atomic E-state index is 13.1. The lowest BCUT2D eigenvalue weighted by molar-refractivity contribution is -0.128. The Kier molecular flexibility index (Phi) is 7.17. The highest BCUT2D eigenvalue weighted by molar-refractivity contribution is 8.15. The van der Waals surface area contributed by atoms with Crippen LogP contribution in [0, 0.1) is 0 Å². The zero-order valence-electron chi connectivity index (χ0n) is 16.9. The summed E-state index contributed by atoms with van der Waals surface area (Å²) in [5.41, 5.74) is 1.39. The van der Waals surface area contributed by atoms with E-state index in [1.807, 2.05) is 44.2 Å². The maximum Gasteiger partial charge on any atom is 0.245 e. The smallest absolute Gasteiger partial charge is 0.245 e. The normalized spacial score (nSPS) is 18.9. The number of benzene rings is 2. The van der Waals surface area contributed by atoms with Crippen LogP contribution in [0.3, 0.4) is 0 Å². The van der Waals surface area contributed by atoms with Crippen LogP contribution in [-0.2, 0) is 4.79 Å². The van der Waals surface area contributed by atoms with Crippen LogP contribution in [0.2, 0.25) is 0 Å². The molecule has 0 aliphatic carbocycles. The standard InChI is InChI=1S/C22H26N2O4S/c1-4-13-24-21(26)20(29-22(24)23-16-9-7-6-8-10-16)19(25)15-11-12-17(27-3)18(14-15)28-5-2/h6-12,14,19-20,25H,4-5,13H2,1-3H3/t19-,20-/m0/s1. The second-order valence-corrected chi connectivity index (χ2v) is 7.66. The number of rotatable bonds is 8. The van der Waals surface area contributed by atoms with Gasteiger partial charge >= 0.3 is 0 Å². The predicted octanol–water partition coefficient (Wildman–Crippen LogP) is 4.17. The number of methoxy groups -OCH3 is 1. The van der Waals surface area contributed by atoms with Crippen molar-refractivity contribution < 1.29 is 19.4 Å². The third-order valence-electron chi connectivity index (χ3n) is 4.52. The minimum absolute atomic E-state index is 0.132. The number of nitrogens with zero attached hydrogens (tertiary/aromatic N) is 2. The number of carbonyl (C=O) groups excluding carboxylic acids is 1. The zero-order chi connectivity index (χ0) is 20.8. The number of aliphatic hydroxyl groups is 1. The van der Waals surface area contributed by atoms with Gasteiger partial charge in [0.05, 0.1) is 19.4 Å². The van der Waals surface area contributed by atoms with Gasteiger partial charge in [-0.2, -0.15) is 0 Å². The molecule has 0 unspecified atom stereocenters. The van der Waals surface area contributed by atoms with Crippen molar-refractivity contribution in [3.63, 3.8) is 0 Å². The Labute approximate surface area is 175 Å². The summed E-state index contributed by atoms with van der Waals surface area (Å²) in [5.74, 6) is 1.01. The summed E-state index contributed by atoms with van der Waals surface area (Å²) < 4.78 is 10.9. The van der Waals surface area contributed by atoms with Crippen LogP contribution in [0.1, 0.15) is 31.9 Å². The molecule has 1 N–H and O–H groups in total. The van der Waals surface area contributed by atoms with Gasteiger partial charge in [-0.3, -0.25) is 9.69 Å². The van der Waals surface area contributed by atoms with E-state index in [2.05, 4.69) is 4.99 Å². The van der Waals surface area contributed by atoms with E-state index in [4.69, 9.17) is 9.47 Å². The lowest BCUT2D eigenvalue weighted by Crippen LogP contribution is -2.34. The molecule has 2 aromatic rings. The third-order valence-corrected chi connectivity index (χ3v) is 5.75. The first-order valence-electron chi connectivity index (χ1n) is 9.69. The summed E-state index contributed by atoms with van der Waals surface area (Å²) in [5, 5.41) is 11.0. The molecule has 6 nitrogen and oxygen atoms in total. The number of amides is 1. The lowest BCUT2D eigenvalue weighted by Gasteiger charge is -2.19. The molecular formula is C22H26N2O4S. The van der Waals surface area contributed by atoms with Gasteiger partial charge in [0.2, 0.25) is 5.91 Å². The van der Waals surface area contributed by atoms with Crippen molar-refractivity contribution in [1.29, 1.82) is 0 Å². The topological polar surface area (TPSA) is 71.4 Å². The number of carbonyl (C=O) groups is 1. The van der Waals surface area contributed by atoms with E-state index in [0.717, 1.165) is 12.1 Å². The number of amidine groups is 1. The number of para-hydroxylation sites is 1. The summed E-state index contributed by atoms with van der Waals surface area (Å²) in [6.07, 6.45) is -0.180. The molecule has 1 amide bonds. The minimum Gasteiger partial charge on any atom is -0.493 e. The average molecular weight is 415 g/mol. The summed E-state index contributed by atoms with van der Waals surface area (Å²) in [6.45, 7) is 4.94. The molecule has 0 radical (unpaired) electrons. The lowest BCUT2D eigenvalue weighted by atomic mass is 10.0. The first-order chi connectivity index (χ1) is 14.1. The first-order valence-corrected chi connectivity index (χ1v) is 10.6. The van der Waals surface area contributed by atoms with Gasteiger partial charge < -0.3 is 14.6 Å². The van der Waals surface area contributed by atoms with Gasteiger partial charge in [0.15, 0.2) is 16.7 Å². The van der Waals surface area contributed by atoms with Gasteiger partial charge in [0.25, 0.3) is 0 Å². The molecule has 0 bridgehead atoms. The van der Waals surface area contributed by atoms with Gasteiger partial charge in [-0.25, -0.2) is 4.99 Å². The second kappa shape index (κ2) is 9.80. The number of hydrogen-bond acceptors (Lipinski definition) is 6. The Balaban J connectivity index is 1.89. The van der Waals surface area contributed by atoms with Crippen molar-refractivity contribution >= 4 is 28.5 Å². The minimum atomic E-state index is -0.986. The summed E-state index contributed by atoms with van der Waals surface area (Å²) >= 11 is 1.30. The highest BCUT2D eigenvalue weighted by Crippen LogP contribution is 2.39. The van der Waals surface area contributed by atoms with Crippen molar-refractivity contribution in [3.8, 4) is 11.5 Å². The fourth-order valence-electron chi connectivity index (χ4n) is 3.12. The second-order valence-electron chi connectivity index (χ2n) is 6.55. The molecule has 2 atom stereocenters. The monoisotopic (exact) mass is 414 g/mol. The Bertz CT molecular complexity index is 872. The van der Waals surface area contributed by atoms with Gasteiger partial charge in [0, 0.05) is 6.54 Å². The van der Waals surface area contributed by atoms with E-state index >= 15 is 0 Å². The van der Waals surface area contributed by atoms with Crippen molar-refractivity contribution in [2.24, 2.45) is 4.99 Å². The Morgan fingerprint density at radius 1 is 1.17 bits per heavy atom. The molecule has 3 rings (SSSR count). The molecule has 0 saturated carbocycles. The number of ether oxygens (including phenoxy) is 2. The van der Waals surface area contributed by atoms with Crippen molar-refractivity contribution in [1.82, 2.24) is 4.90 Å². The number of aliphatic imine (C=N–C) groups is 1. The van der Waals surface area contributed by atoms with Crippen LogP contribution < -0.4 is 9.47 Å². The van der Waals surface area contributed by atoms with Gasteiger partial charge in [-0.1, -0.05) is 43.0 Å². The number of thioether (sulfide) groups is 1. The van der Waals surface area contributed by atoms with E-state index < -0.39 is 11.4 Å². The summed E-state index contributed by atoms with van der Waals surface area (Å²) in [6, 6.07) is 14.8. The summed E-state index contributed by atoms with van der Waals surface area (Å²) in [4.78, 5) is 19.4. The van der Waals surface area contributed by atoms with E-state index in [-0.39, 0.29) is 5.91 Å². The van der Waals surface area contributed by atoms with Crippen LogP contribution in [0.15, 0.2) is 53.5 Å². The highest BCUT2D eigenvalue weighted by Gasteiger charge is 2.42. The number of aliphatic hydroxyl groups excluding tert-OH is 1. The Morgan fingerprint density at radius 2 is 1.93 bits per heavy atom. The van der Waals surface area contributed by atoms with E-state index in [9.17, 15) is 9.90 Å². The van der Waals surface area contributed by atoms with Crippen molar-refractivity contribution in [3.05, 3.63) is 54.1 Å². The molecule has 0 aromatic heterocycles. The van der Waals surface area contributed by atoms with E-state index in [1.165, 1.54) is 11.8 Å². The molecule has 7 heteroatoms. The SMILES string of the molecule is CCCN1C(=O)[C@H]([C@@H](O)c2ccc(OC)c(OCC)c2)SC1=Nc1ccccc1. The molecule has 0 spiro atoms. The molecule has 1 fully saturated rings. The van der Waals surface area contributed by atoms with Gasteiger partial charge in [-0.15, -0.1) is 0 Å². The van der Waals surface area contributed by atoms with Crippen LogP contribution in [-0.4, -0.2) is 46.6 Å². The molecule has 1 aliphatic heterocycles. The first kappa shape index (κ1) is 21.2. The highest BCUT2D eigenvalue weighted by atomic mass is 32.2. The van der Waals surface area contributed by atoms with Crippen LogP contribution in [0.25, 0.3) is 0 Å². The maximum atomic E-state index is 13.1. The fourth-order valence-corrected chi connectivity index (χ4v) is 4.33. The average Bonchev–Trinajstić information content (AvgIpc) is 3.04. The number of hydrogen-bond donors (Lipinski definition) is 1. The fraction of sp³-hybridized carbons (Fsp3) is 0.364. The van der Waals surface area contributed by atoms with E-state index in [0.29, 0.717) is 35.4 Å². The molecule has 1 aliphatic rings. The van der Waals surface area contributed by atoms with E-state index in [1.54, 1.807) is 30.2 Å². The van der Waals surface area contributed by atoms with Crippen molar-refractivity contribution in [2.75, 3.05) is 20.3 Å². The molecule has 154 valence electrons. The molecule has 29 heavy (non-hydrogen) atoms. The zero-order valence-corrected chi connectivity index (χ0v) is 17.7.